The van der Waals surface area contributed by atoms with Gasteiger partial charge in [0.05, 0.1) is 10.2 Å². The van der Waals surface area contributed by atoms with E-state index < -0.39 is 11.9 Å². The number of nitrogens with two attached hydrogens (primary N) is 3. The molecule has 1 aromatic rings. The lowest BCUT2D eigenvalue weighted by atomic mass is 10.1. The van der Waals surface area contributed by atoms with Gasteiger partial charge in [-0.05, 0) is 37.9 Å². The molecule has 0 aromatic heterocycles. The lowest BCUT2D eigenvalue weighted by Crippen LogP contribution is -2.23. The molecule has 0 saturated carbocycles. The average Bonchev–Trinajstić information content (AvgIpc) is 2.15. The maximum Gasteiger partial charge on any atom is 0.144 e. The highest BCUT2D eigenvalue weighted by Gasteiger charge is 2.18. The fraction of sp³-hybridized carbons (Fsp3) is 0.250. The zero-order chi connectivity index (χ0) is 10.9. The Balaban J connectivity index is 3.39. The van der Waals surface area contributed by atoms with E-state index in [1.807, 2.05) is 0 Å². The van der Waals surface area contributed by atoms with Crippen LogP contribution in [0.1, 0.15) is 11.6 Å². The normalized spacial score (nSPS) is 12.9. The van der Waals surface area contributed by atoms with Crippen molar-refractivity contribution in [1.82, 2.24) is 0 Å². The van der Waals surface area contributed by atoms with Crippen LogP contribution in [0.2, 0.25) is 0 Å². The van der Waals surface area contributed by atoms with Gasteiger partial charge >= 0.3 is 0 Å². The molecular formula is C8H10Br2FN3. The van der Waals surface area contributed by atoms with E-state index in [2.05, 4.69) is 31.9 Å². The van der Waals surface area contributed by atoms with E-state index in [-0.39, 0.29) is 12.1 Å². The van der Waals surface area contributed by atoms with Crippen molar-refractivity contribution in [2.75, 3.05) is 12.3 Å². The Morgan fingerprint density at radius 1 is 1.36 bits per heavy atom. The average molecular weight is 327 g/mol. The van der Waals surface area contributed by atoms with Crippen molar-refractivity contribution in [1.29, 1.82) is 0 Å². The van der Waals surface area contributed by atoms with Crippen LogP contribution in [0.5, 0.6) is 0 Å². The van der Waals surface area contributed by atoms with E-state index in [0.29, 0.717) is 14.6 Å². The summed E-state index contributed by atoms with van der Waals surface area (Å²) < 4.78 is 14.5. The third kappa shape index (κ3) is 2.08. The summed E-state index contributed by atoms with van der Waals surface area (Å²) in [5.41, 5.74) is 17.2. The van der Waals surface area contributed by atoms with Crippen molar-refractivity contribution >= 4 is 37.5 Å². The zero-order valence-electron chi connectivity index (χ0n) is 7.23. The Kier molecular flexibility index (Phi) is 3.88. The minimum Gasteiger partial charge on any atom is -0.397 e. The van der Waals surface area contributed by atoms with Gasteiger partial charge in [-0.15, -0.1) is 0 Å². The monoisotopic (exact) mass is 325 g/mol. The Morgan fingerprint density at radius 3 is 2.43 bits per heavy atom. The third-order valence-corrected chi connectivity index (χ3v) is 3.10. The maximum atomic E-state index is 13.6. The van der Waals surface area contributed by atoms with Gasteiger partial charge in [-0.3, -0.25) is 0 Å². The quantitative estimate of drug-likeness (QED) is 0.573. The molecule has 0 fully saturated rings. The SMILES string of the molecule is NC[C@@H](N)c1c(N)c(Br)cc(Br)c1F. The van der Waals surface area contributed by atoms with Gasteiger partial charge < -0.3 is 17.2 Å². The molecule has 14 heavy (non-hydrogen) atoms. The van der Waals surface area contributed by atoms with E-state index in [4.69, 9.17) is 17.2 Å². The standard InChI is InChI=1S/C8H10Br2FN3/c9-3-1-4(10)8(14)6(7(3)11)5(13)2-12/h1,5H,2,12-14H2/t5-/m1/s1. The molecule has 1 atom stereocenters. The van der Waals surface area contributed by atoms with Crippen molar-refractivity contribution in [2.24, 2.45) is 11.5 Å². The molecule has 0 aliphatic heterocycles. The number of rotatable bonds is 2. The van der Waals surface area contributed by atoms with Gasteiger partial charge in [0.15, 0.2) is 0 Å². The second-order valence-corrected chi connectivity index (χ2v) is 4.53. The van der Waals surface area contributed by atoms with Crippen molar-refractivity contribution in [2.45, 2.75) is 6.04 Å². The van der Waals surface area contributed by atoms with Crippen LogP contribution in [0.25, 0.3) is 0 Å². The highest BCUT2D eigenvalue weighted by Crippen LogP contribution is 2.34. The van der Waals surface area contributed by atoms with Crippen molar-refractivity contribution < 1.29 is 4.39 Å². The van der Waals surface area contributed by atoms with Gasteiger partial charge in [0.2, 0.25) is 0 Å². The molecule has 0 amide bonds. The lowest BCUT2D eigenvalue weighted by molar-refractivity contribution is 0.579. The smallest absolute Gasteiger partial charge is 0.144 e. The van der Waals surface area contributed by atoms with E-state index in [0.717, 1.165) is 0 Å². The molecule has 0 aliphatic carbocycles. The predicted molar refractivity (Wildman–Crippen MR) is 62.2 cm³/mol. The van der Waals surface area contributed by atoms with Crippen LogP contribution in [0.4, 0.5) is 10.1 Å². The van der Waals surface area contributed by atoms with Crippen LogP contribution < -0.4 is 17.2 Å². The summed E-state index contributed by atoms with van der Waals surface area (Å²) in [5.74, 6) is -0.455. The Morgan fingerprint density at radius 2 is 1.93 bits per heavy atom. The summed E-state index contributed by atoms with van der Waals surface area (Å²) in [5, 5.41) is 0. The molecule has 6 N–H and O–H groups in total. The van der Waals surface area contributed by atoms with Crippen LogP contribution in [0.3, 0.4) is 0 Å². The molecule has 0 spiro atoms. The van der Waals surface area contributed by atoms with Gasteiger partial charge in [0.1, 0.15) is 5.82 Å². The highest BCUT2D eigenvalue weighted by atomic mass is 79.9. The third-order valence-electron chi connectivity index (χ3n) is 1.87. The fourth-order valence-corrected chi connectivity index (χ4v) is 2.30. The van der Waals surface area contributed by atoms with Crippen LogP contribution in [-0.4, -0.2) is 6.54 Å². The summed E-state index contributed by atoms with van der Waals surface area (Å²) >= 11 is 6.28. The number of nitrogen functional groups attached to an aromatic ring is 1. The number of hydrogen-bond donors (Lipinski definition) is 3. The first kappa shape index (κ1) is 11.9. The number of halogens is 3. The fourth-order valence-electron chi connectivity index (χ4n) is 1.11. The lowest BCUT2D eigenvalue weighted by Gasteiger charge is -2.15. The van der Waals surface area contributed by atoms with Crippen molar-refractivity contribution in [3.8, 4) is 0 Å². The van der Waals surface area contributed by atoms with E-state index >= 15 is 0 Å². The molecule has 0 aliphatic rings. The van der Waals surface area contributed by atoms with Gasteiger partial charge in [-0.2, -0.15) is 0 Å². The maximum absolute atomic E-state index is 13.6. The molecule has 0 bridgehead atoms. The second-order valence-electron chi connectivity index (χ2n) is 2.82. The Labute approximate surface area is 98.1 Å². The van der Waals surface area contributed by atoms with Crippen molar-refractivity contribution in [3.63, 3.8) is 0 Å². The largest absolute Gasteiger partial charge is 0.397 e. The molecular weight excluding hydrogens is 317 g/mol. The van der Waals surface area contributed by atoms with Gasteiger partial charge in [-0.1, -0.05) is 0 Å². The Bertz CT molecular complexity index is 331. The minimum absolute atomic E-state index is 0.143. The summed E-state index contributed by atoms with van der Waals surface area (Å²) in [4.78, 5) is 0. The van der Waals surface area contributed by atoms with Gasteiger partial charge in [-0.25, -0.2) is 4.39 Å². The molecule has 0 heterocycles. The van der Waals surface area contributed by atoms with Crippen LogP contribution >= 0.6 is 31.9 Å². The highest BCUT2D eigenvalue weighted by molar-refractivity contribution is 9.11. The Hall–Kier alpha value is -0.170. The number of benzene rings is 1. The second kappa shape index (κ2) is 4.57. The summed E-state index contributed by atoms with van der Waals surface area (Å²) in [6.45, 7) is 0.143. The number of hydrogen-bond acceptors (Lipinski definition) is 3. The van der Waals surface area contributed by atoms with Gasteiger partial charge in [0, 0.05) is 22.6 Å². The first-order chi connectivity index (χ1) is 6.49. The first-order valence-electron chi connectivity index (χ1n) is 3.87. The molecule has 6 heteroatoms. The first-order valence-corrected chi connectivity index (χ1v) is 5.46. The zero-order valence-corrected chi connectivity index (χ0v) is 10.4. The summed E-state index contributed by atoms with van der Waals surface area (Å²) in [7, 11) is 0. The van der Waals surface area contributed by atoms with E-state index in [1.165, 1.54) is 6.07 Å². The summed E-state index contributed by atoms with van der Waals surface area (Å²) in [6.07, 6.45) is 0. The minimum atomic E-state index is -0.594. The predicted octanol–water partition coefficient (Wildman–Crippen LogP) is 1.89. The molecule has 78 valence electrons. The van der Waals surface area contributed by atoms with Crippen LogP contribution in [0, 0.1) is 5.82 Å². The van der Waals surface area contributed by atoms with Gasteiger partial charge in [0.25, 0.3) is 0 Å². The van der Waals surface area contributed by atoms with Crippen molar-refractivity contribution in [3.05, 3.63) is 26.4 Å². The molecule has 1 aromatic carbocycles. The molecule has 0 radical (unpaired) electrons. The van der Waals surface area contributed by atoms with Crippen LogP contribution in [0.15, 0.2) is 15.0 Å². The molecule has 3 nitrogen and oxygen atoms in total. The topological polar surface area (TPSA) is 78.1 Å². The molecule has 1 rings (SSSR count). The summed E-state index contributed by atoms with van der Waals surface area (Å²) in [6, 6.07) is 0.945. The molecule has 0 saturated heterocycles. The van der Waals surface area contributed by atoms with Crippen LogP contribution in [-0.2, 0) is 0 Å². The molecule has 0 unspecified atom stereocenters. The van der Waals surface area contributed by atoms with E-state index in [1.54, 1.807) is 0 Å². The van der Waals surface area contributed by atoms with E-state index in [9.17, 15) is 4.39 Å². The number of anilines is 1.